The fraction of sp³-hybridized carbons (Fsp3) is 0.316. The van der Waals surface area contributed by atoms with Gasteiger partial charge in [0, 0.05) is 40.8 Å². The Balaban J connectivity index is 1.64. The van der Waals surface area contributed by atoms with Gasteiger partial charge in [0.1, 0.15) is 5.69 Å². The van der Waals surface area contributed by atoms with E-state index in [9.17, 15) is 4.79 Å². The average Bonchev–Trinajstić information content (AvgIpc) is 3.15. The Bertz CT molecular complexity index is 926. The number of ether oxygens (including phenoxy) is 1. The summed E-state index contributed by atoms with van der Waals surface area (Å²) in [6.07, 6.45) is 0. The predicted molar refractivity (Wildman–Crippen MR) is 106 cm³/mol. The number of hydrogen-bond donors (Lipinski definition) is 2. The van der Waals surface area contributed by atoms with E-state index in [0.717, 1.165) is 54.3 Å². The lowest BCUT2D eigenvalue weighted by molar-refractivity contribution is 0.0343. The summed E-state index contributed by atoms with van der Waals surface area (Å²) in [5.74, 6) is -0.128. The number of thiophene rings is 1. The Morgan fingerprint density at radius 3 is 2.77 bits per heavy atom. The maximum atomic E-state index is 12.9. The minimum atomic E-state index is -0.128. The van der Waals surface area contributed by atoms with E-state index in [1.165, 1.54) is 4.88 Å². The fourth-order valence-electron chi connectivity index (χ4n) is 3.21. The summed E-state index contributed by atoms with van der Waals surface area (Å²) in [6.45, 7) is 6.08. The summed E-state index contributed by atoms with van der Waals surface area (Å²) < 4.78 is 6.60. The number of morpholine rings is 1. The molecule has 7 heteroatoms. The highest BCUT2D eigenvalue weighted by atomic mass is 35.5. The molecule has 0 bridgehead atoms. The molecule has 5 nitrogen and oxygen atoms in total. The van der Waals surface area contributed by atoms with Gasteiger partial charge in [-0.15, -0.1) is 11.3 Å². The number of amides is 1. The third kappa shape index (κ3) is 3.64. The van der Waals surface area contributed by atoms with Crippen LogP contribution in [0, 0.1) is 6.92 Å². The zero-order valence-electron chi connectivity index (χ0n) is 14.5. The molecule has 1 aliphatic heterocycles. The molecule has 3 heterocycles. The number of H-pyrrole nitrogens is 1. The molecule has 0 atom stereocenters. The van der Waals surface area contributed by atoms with E-state index in [-0.39, 0.29) is 5.91 Å². The first-order valence-electron chi connectivity index (χ1n) is 8.58. The normalized spacial score (nSPS) is 15.5. The number of nitrogens with zero attached hydrogens (tertiary/aromatic N) is 1. The summed E-state index contributed by atoms with van der Waals surface area (Å²) in [5, 5.41) is 3.61. The summed E-state index contributed by atoms with van der Waals surface area (Å²) >= 11 is 7.65. The molecule has 1 saturated heterocycles. The first-order valence-corrected chi connectivity index (χ1v) is 9.77. The van der Waals surface area contributed by atoms with Crippen LogP contribution in [-0.4, -0.2) is 42.1 Å². The Kier molecular flexibility index (Phi) is 5.00. The molecule has 0 saturated carbocycles. The summed E-state index contributed by atoms with van der Waals surface area (Å²) in [4.78, 5) is 19.8. The van der Waals surface area contributed by atoms with Crippen LogP contribution in [0.15, 0.2) is 30.3 Å². The number of fused-ring (bicyclic) bond motifs is 1. The number of carbonyl (C=O) groups is 1. The molecule has 1 aromatic carbocycles. The zero-order valence-corrected chi connectivity index (χ0v) is 16.0. The van der Waals surface area contributed by atoms with Crippen molar-refractivity contribution in [2.45, 2.75) is 13.5 Å². The molecule has 3 aromatic rings. The van der Waals surface area contributed by atoms with Crippen LogP contribution in [0.5, 0.6) is 0 Å². The monoisotopic (exact) mass is 389 g/mol. The number of anilines is 1. The number of aromatic amines is 1. The number of aromatic nitrogens is 1. The van der Waals surface area contributed by atoms with Crippen molar-refractivity contribution in [1.82, 2.24) is 9.88 Å². The van der Waals surface area contributed by atoms with Crippen molar-refractivity contribution >= 4 is 44.7 Å². The molecule has 4 rings (SSSR count). The van der Waals surface area contributed by atoms with Gasteiger partial charge in [-0.1, -0.05) is 11.6 Å². The van der Waals surface area contributed by atoms with Crippen molar-refractivity contribution in [3.05, 3.63) is 51.5 Å². The third-order valence-electron chi connectivity index (χ3n) is 4.51. The SMILES string of the molecule is Cc1cc2[nH]c(C(=O)Nc3ccc(Cl)cc3)c(CN3CCOCC3)c2s1. The second-order valence-electron chi connectivity index (χ2n) is 6.43. The topological polar surface area (TPSA) is 57.4 Å². The van der Waals surface area contributed by atoms with Gasteiger partial charge in [0.15, 0.2) is 0 Å². The predicted octanol–water partition coefficient (Wildman–Crippen LogP) is 4.28. The van der Waals surface area contributed by atoms with Gasteiger partial charge in [0.25, 0.3) is 5.91 Å². The summed E-state index contributed by atoms with van der Waals surface area (Å²) in [5.41, 5.74) is 3.45. The molecule has 1 amide bonds. The Morgan fingerprint density at radius 2 is 2.04 bits per heavy atom. The lowest BCUT2D eigenvalue weighted by Crippen LogP contribution is -2.36. The molecule has 26 heavy (non-hydrogen) atoms. The smallest absolute Gasteiger partial charge is 0.272 e. The van der Waals surface area contributed by atoms with Crippen molar-refractivity contribution in [3.63, 3.8) is 0 Å². The van der Waals surface area contributed by atoms with Gasteiger partial charge in [0.2, 0.25) is 0 Å². The van der Waals surface area contributed by atoms with E-state index in [0.29, 0.717) is 10.7 Å². The maximum absolute atomic E-state index is 12.9. The number of aryl methyl sites for hydroxylation is 1. The van der Waals surface area contributed by atoms with Crippen LogP contribution in [0.2, 0.25) is 5.02 Å². The van der Waals surface area contributed by atoms with Crippen LogP contribution in [-0.2, 0) is 11.3 Å². The minimum Gasteiger partial charge on any atom is -0.379 e. The van der Waals surface area contributed by atoms with Crippen LogP contribution in [0.25, 0.3) is 10.2 Å². The number of rotatable bonds is 4. The van der Waals surface area contributed by atoms with Gasteiger partial charge >= 0.3 is 0 Å². The highest BCUT2D eigenvalue weighted by Gasteiger charge is 2.22. The lowest BCUT2D eigenvalue weighted by Gasteiger charge is -2.26. The van der Waals surface area contributed by atoms with Crippen molar-refractivity contribution in [1.29, 1.82) is 0 Å². The average molecular weight is 390 g/mol. The van der Waals surface area contributed by atoms with Crippen molar-refractivity contribution in [2.24, 2.45) is 0 Å². The molecule has 0 aliphatic carbocycles. The quantitative estimate of drug-likeness (QED) is 0.700. The number of benzene rings is 1. The molecular weight excluding hydrogens is 370 g/mol. The number of nitrogens with one attached hydrogen (secondary N) is 2. The molecule has 0 unspecified atom stereocenters. The van der Waals surface area contributed by atoms with Gasteiger partial charge in [-0.25, -0.2) is 0 Å². The largest absolute Gasteiger partial charge is 0.379 e. The molecular formula is C19H20ClN3O2S. The maximum Gasteiger partial charge on any atom is 0.272 e. The van der Waals surface area contributed by atoms with Crippen molar-refractivity contribution in [2.75, 3.05) is 31.6 Å². The van der Waals surface area contributed by atoms with Crippen LogP contribution in [0.1, 0.15) is 20.9 Å². The highest BCUT2D eigenvalue weighted by molar-refractivity contribution is 7.19. The van der Waals surface area contributed by atoms with Gasteiger partial charge < -0.3 is 15.0 Å². The third-order valence-corrected chi connectivity index (χ3v) is 5.87. The zero-order chi connectivity index (χ0) is 18.1. The summed E-state index contributed by atoms with van der Waals surface area (Å²) in [6, 6.07) is 9.24. The van der Waals surface area contributed by atoms with E-state index in [1.54, 1.807) is 35.6 Å². The fourth-order valence-corrected chi connectivity index (χ4v) is 4.34. The minimum absolute atomic E-state index is 0.128. The van der Waals surface area contributed by atoms with Crippen molar-refractivity contribution in [3.8, 4) is 0 Å². The van der Waals surface area contributed by atoms with Gasteiger partial charge in [-0.05, 0) is 37.3 Å². The number of carbonyl (C=O) groups excluding carboxylic acids is 1. The Morgan fingerprint density at radius 1 is 1.31 bits per heavy atom. The van der Waals surface area contributed by atoms with E-state index < -0.39 is 0 Å². The van der Waals surface area contributed by atoms with Gasteiger partial charge in [-0.3, -0.25) is 9.69 Å². The molecule has 0 spiro atoms. The second-order valence-corrected chi connectivity index (χ2v) is 8.12. The summed E-state index contributed by atoms with van der Waals surface area (Å²) in [7, 11) is 0. The van der Waals surface area contributed by atoms with Gasteiger partial charge in [-0.2, -0.15) is 0 Å². The second kappa shape index (κ2) is 7.40. The molecule has 0 radical (unpaired) electrons. The van der Waals surface area contributed by atoms with E-state index in [2.05, 4.69) is 28.2 Å². The number of hydrogen-bond acceptors (Lipinski definition) is 4. The van der Waals surface area contributed by atoms with Crippen LogP contribution in [0.4, 0.5) is 5.69 Å². The van der Waals surface area contributed by atoms with E-state index in [1.807, 2.05) is 0 Å². The highest BCUT2D eigenvalue weighted by Crippen LogP contribution is 2.32. The molecule has 1 aliphatic rings. The molecule has 2 aromatic heterocycles. The molecule has 136 valence electrons. The molecule has 1 fully saturated rings. The van der Waals surface area contributed by atoms with E-state index in [4.69, 9.17) is 16.3 Å². The lowest BCUT2D eigenvalue weighted by atomic mass is 10.2. The van der Waals surface area contributed by atoms with Crippen LogP contribution < -0.4 is 5.32 Å². The Labute approximate surface area is 160 Å². The van der Waals surface area contributed by atoms with Crippen molar-refractivity contribution < 1.29 is 9.53 Å². The first-order chi connectivity index (χ1) is 12.6. The first kappa shape index (κ1) is 17.5. The van der Waals surface area contributed by atoms with E-state index >= 15 is 0 Å². The van der Waals surface area contributed by atoms with Crippen LogP contribution >= 0.6 is 22.9 Å². The number of halogens is 1. The Hall–Kier alpha value is -1.86. The van der Waals surface area contributed by atoms with Gasteiger partial charge in [0.05, 0.1) is 23.4 Å². The van der Waals surface area contributed by atoms with Crippen LogP contribution in [0.3, 0.4) is 0 Å². The standard InChI is InChI=1S/C19H20ClN3O2S/c1-12-10-16-18(26-12)15(11-23-6-8-25-9-7-23)17(22-16)19(24)21-14-4-2-13(20)3-5-14/h2-5,10,22H,6-9,11H2,1H3,(H,21,24). The molecule has 2 N–H and O–H groups in total.